The fraction of sp³-hybridized carbons (Fsp3) is 0.625. The van der Waals surface area contributed by atoms with Crippen LogP contribution in [0.4, 0.5) is 0 Å². The first-order valence-corrected chi connectivity index (χ1v) is 7.28. The minimum Gasteiger partial charge on any atom is -0.507 e. The van der Waals surface area contributed by atoms with Gasteiger partial charge in [-0.1, -0.05) is 25.0 Å². The summed E-state index contributed by atoms with van der Waals surface area (Å²) in [5, 5.41) is 13.1. The molecule has 0 aliphatic heterocycles. The van der Waals surface area contributed by atoms with E-state index >= 15 is 0 Å². The molecule has 3 heteroatoms. The van der Waals surface area contributed by atoms with Crippen LogP contribution in [0.15, 0.2) is 12.1 Å². The van der Waals surface area contributed by atoms with Gasteiger partial charge in [0, 0.05) is 13.1 Å². The van der Waals surface area contributed by atoms with Gasteiger partial charge in [-0.05, 0) is 43.4 Å². The van der Waals surface area contributed by atoms with Gasteiger partial charge in [-0.15, -0.1) is 0 Å². The normalized spacial score (nSPS) is 16.1. The van der Waals surface area contributed by atoms with E-state index < -0.39 is 0 Å². The second-order valence-corrected chi connectivity index (χ2v) is 5.53. The maximum atomic E-state index is 9.72. The molecule has 0 amide bonds. The van der Waals surface area contributed by atoms with E-state index in [1.807, 2.05) is 26.0 Å². The monoisotopic (exact) mass is 263 g/mol. The lowest BCUT2D eigenvalue weighted by atomic mass is 10.1. The Morgan fingerprint density at radius 1 is 1.21 bits per heavy atom. The molecule has 3 nitrogen and oxygen atoms in total. The van der Waals surface area contributed by atoms with Crippen LogP contribution in [0, 0.1) is 13.8 Å². The fourth-order valence-corrected chi connectivity index (χ4v) is 2.73. The average Bonchev–Trinajstić information content (AvgIpc) is 2.88. The van der Waals surface area contributed by atoms with E-state index in [1.54, 1.807) is 0 Å². The van der Waals surface area contributed by atoms with Gasteiger partial charge in [0.25, 0.3) is 0 Å². The molecule has 0 saturated heterocycles. The van der Waals surface area contributed by atoms with Crippen molar-refractivity contribution in [3.63, 3.8) is 0 Å². The average molecular weight is 263 g/mol. The quantitative estimate of drug-likeness (QED) is 0.775. The molecule has 0 unspecified atom stereocenters. The summed E-state index contributed by atoms with van der Waals surface area (Å²) in [6.07, 6.45) is 5.61. The third-order valence-corrected chi connectivity index (χ3v) is 3.81. The number of benzene rings is 1. The Hall–Kier alpha value is -1.06. The summed E-state index contributed by atoms with van der Waals surface area (Å²) in [4.78, 5) is 0. The van der Waals surface area contributed by atoms with E-state index in [0.29, 0.717) is 11.9 Å². The number of nitrogens with one attached hydrogen (secondary N) is 1. The molecule has 1 aromatic rings. The van der Waals surface area contributed by atoms with Crippen LogP contribution in [0.3, 0.4) is 0 Å². The van der Waals surface area contributed by atoms with E-state index in [0.717, 1.165) is 30.8 Å². The Morgan fingerprint density at radius 3 is 2.47 bits per heavy atom. The molecule has 1 aromatic carbocycles. The molecule has 0 aromatic heterocycles. The highest BCUT2D eigenvalue weighted by molar-refractivity contribution is 5.42. The topological polar surface area (TPSA) is 41.5 Å². The molecule has 1 aliphatic carbocycles. The minimum atomic E-state index is 0.410. The Labute approximate surface area is 116 Å². The summed E-state index contributed by atoms with van der Waals surface area (Å²) in [7, 11) is 0. The number of phenolic OH excluding ortho intramolecular Hbond substituents is 1. The van der Waals surface area contributed by atoms with Crippen molar-refractivity contribution in [2.24, 2.45) is 0 Å². The van der Waals surface area contributed by atoms with E-state index in [-0.39, 0.29) is 0 Å². The van der Waals surface area contributed by atoms with Crippen molar-refractivity contribution in [3.8, 4) is 5.75 Å². The number of aromatic hydroxyl groups is 1. The molecule has 0 spiro atoms. The standard InChI is InChI=1S/C16H25NO2/c1-12-9-14(10-13(2)16(12)18)11-17-7-8-19-15-5-3-4-6-15/h9-10,15,17-18H,3-8,11H2,1-2H3. The lowest BCUT2D eigenvalue weighted by molar-refractivity contribution is 0.0602. The van der Waals surface area contributed by atoms with Gasteiger partial charge in [-0.2, -0.15) is 0 Å². The molecular formula is C16H25NO2. The van der Waals surface area contributed by atoms with Crippen LogP contribution in [-0.2, 0) is 11.3 Å². The smallest absolute Gasteiger partial charge is 0.121 e. The maximum Gasteiger partial charge on any atom is 0.121 e. The number of ether oxygens (including phenoxy) is 1. The molecular weight excluding hydrogens is 238 g/mol. The van der Waals surface area contributed by atoms with Crippen molar-refractivity contribution in [2.75, 3.05) is 13.2 Å². The van der Waals surface area contributed by atoms with Gasteiger partial charge < -0.3 is 15.2 Å². The zero-order chi connectivity index (χ0) is 13.7. The number of phenols is 1. The highest BCUT2D eigenvalue weighted by atomic mass is 16.5. The predicted octanol–water partition coefficient (Wildman–Crippen LogP) is 3.06. The Morgan fingerprint density at radius 2 is 1.84 bits per heavy atom. The number of rotatable bonds is 6. The third-order valence-electron chi connectivity index (χ3n) is 3.81. The number of hydrogen-bond acceptors (Lipinski definition) is 3. The first-order chi connectivity index (χ1) is 9.16. The van der Waals surface area contributed by atoms with Crippen LogP contribution in [0.25, 0.3) is 0 Å². The third kappa shape index (κ3) is 4.22. The second kappa shape index (κ2) is 6.92. The van der Waals surface area contributed by atoms with Crippen LogP contribution >= 0.6 is 0 Å². The number of aryl methyl sites for hydroxylation is 2. The molecule has 0 atom stereocenters. The fourth-order valence-electron chi connectivity index (χ4n) is 2.73. The summed E-state index contributed by atoms with van der Waals surface area (Å²) in [5.41, 5.74) is 3.10. The zero-order valence-electron chi connectivity index (χ0n) is 12.0. The van der Waals surface area contributed by atoms with Gasteiger partial charge in [0.2, 0.25) is 0 Å². The molecule has 106 valence electrons. The lowest BCUT2D eigenvalue weighted by Gasteiger charge is -2.12. The van der Waals surface area contributed by atoms with Crippen LogP contribution in [0.5, 0.6) is 5.75 Å². The van der Waals surface area contributed by atoms with Crippen molar-refractivity contribution in [1.29, 1.82) is 0 Å². The summed E-state index contributed by atoms with van der Waals surface area (Å²) < 4.78 is 5.80. The zero-order valence-corrected chi connectivity index (χ0v) is 12.0. The van der Waals surface area contributed by atoms with Crippen molar-refractivity contribution in [3.05, 3.63) is 28.8 Å². The number of hydrogen-bond donors (Lipinski definition) is 2. The van der Waals surface area contributed by atoms with Crippen LogP contribution < -0.4 is 5.32 Å². The summed E-state index contributed by atoms with van der Waals surface area (Å²) in [6.45, 7) is 6.39. The van der Waals surface area contributed by atoms with E-state index in [4.69, 9.17) is 4.74 Å². The largest absolute Gasteiger partial charge is 0.507 e. The van der Waals surface area contributed by atoms with Crippen LogP contribution in [0.1, 0.15) is 42.4 Å². The van der Waals surface area contributed by atoms with Gasteiger partial charge in [-0.3, -0.25) is 0 Å². The molecule has 0 bridgehead atoms. The Balaban J connectivity index is 1.67. The van der Waals surface area contributed by atoms with Crippen LogP contribution in [0.2, 0.25) is 0 Å². The van der Waals surface area contributed by atoms with Gasteiger partial charge in [-0.25, -0.2) is 0 Å². The van der Waals surface area contributed by atoms with Crippen molar-refractivity contribution in [1.82, 2.24) is 5.32 Å². The van der Waals surface area contributed by atoms with Gasteiger partial charge in [0.1, 0.15) is 5.75 Å². The molecule has 1 aliphatic rings. The van der Waals surface area contributed by atoms with Crippen LogP contribution in [-0.4, -0.2) is 24.4 Å². The van der Waals surface area contributed by atoms with Crippen molar-refractivity contribution < 1.29 is 9.84 Å². The predicted molar refractivity (Wildman–Crippen MR) is 77.5 cm³/mol. The van der Waals surface area contributed by atoms with Crippen molar-refractivity contribution in [2.45, 2.75) is 52.2 Å². The van der Waals surface area contributed by atoms with Crippen molar-refractivity contribution >= 4 is 0 Å². The molecule has 1 saturated carbocycles. The molecule has 1 fully saturated rings. The first kappa shape index (κ1) is 14.4. The molecule has 2 rings (SSSR count). The molecule has 0 heterocycles. The van der Waals surface area contributed by atoms with Gasteiger partial charge in [0.05, 0.1) is 12.7 Å². The van der Waals surface area contributed by atoms with E-state index in [9.17, 15) is 5.11 Å². The summed E-state index contributed by atoms with van der Waals surface area (Å²) in [6, 6.07) is 4.07. The molecule has 0 radical (unpaired) electrons. The minimum absolute atomic E-state index is 0.410. The Kier molecular flexibility index (Phi) is 5.23. The summed E-state index contributed by atoms with van der Waals surface area (Å²) >= 11 is 0. The van der Waals surface area contributed by atoms with Gasteiger partial charge >= 0.3 is 0 Å². The highest BCUT2D eigenvalue weighted by Crippen LogP contribution is 2.23. The Bertz CT molecular complexity index is 388. The second-order valence-electron chi connectivity index (χ2n) is 5.53. The molecule has 2 N–H and O–H groups in total. The van der Waals surface area contributed by atoms with E-state index in [2.05, 4.69) is 5.32 Å². The first-order valence-electron chi connectivity index (χ1n) is 7.28. The molecule has 19 heavy (non-hydrogen) atoms. The maximum absolute atomic E-state index is 9.72. The van der Waals surface area contributed by atoms with E-state index in [1.165, 1.54) is 31.2 Å². The van der Waals surface area contributed by atoms with Gasteiger partial charge in [0.15, 0.2) is 0 Å². The SMILES string of the molecule is Cc1cc(CNCCOC2CCCC2)cc(C)c1O. The lowest BCUT2D eigenvalue weighted by Crippen LogP contribution is -2.22. The highest BCUT2D eigenvalue weighted by Gasteiger charge is 2.14. The summed E-state index contributed by atoms with van der Waals surface area (Å²) in [5.74, 6) is 0.410.